The third-order valence-electron chi connectivity index (χ3n) is 3.86. The summed E-state index contributed by atoms with van der Waals surface area (Å²) in [6, 6.07) is 6.76. The van der Waals surface area contributed by atoms with Crippen molar-refractivity contribution in [2.45, 2.75) is 6.54 Å². The number of H-pyrrole nitrogens is 2. The topological polar surface area (TPSA) is 138 Å². The molecule has 27 heavy (non-hydrogen) atoms. The highest BCUT2D eigenvalue weighted by atomic mass is 16.2. The van der Waals surface area contributed by atoms with E-state index in [2.05, 4.69) is 30.4 Å². The van der Waals surface area contributed by atoms with Gasteiger partial charge in [0.1, 0.15) is 5.65 Å². The number of carbonyl (C=O) groups is 1. The van der Waals surface area contributed by atoms with Crippen molar-refractivity contribution >= 4 is 16.9 Å². The molecule has 4 heterocycles. The van der Waals surface area contributed by atoms with E-state index in [0.29, 0.717) is 5.82 Å². The van der Waals surface area contributed by atoms with Crippen LogP contribution < -0.4 is 16.6 Å². The van der Waals surface area contributed by atoms with Crippen LogP contribution in [0.25, 0.3) is 16.9 Å². The quantitative estimate of drug-likeness (QED) is 0.471. The second kappa shape index (κ2) is 6.67. The molecule has 0 radical (unpaired) electrons. The number of amides is 1. The SMILES string of the molecule is O=C(NCc1ccnc(-n2cccn2)c1)c1cnc2[nH]c(=O)[nH]c(=O)c2c1. The summed E-state index contributed by atoms with van der Waals surface area (Å²) in [7, 11) is 0. The zero-order valence-electron chi connectivity index (χ0n) is 13.8. The monoisotopic (exact) mass is 363 g/mol. The number of nitrogens with one attached hydrogen (secondary N) is 3. The highest BCUT2D eigenvalue weighted by molar-refractivity contribution is 5.96. The van der Waals surface area contributed by atoms with Crippen LogP contribution in [0.3, 0.4) is 0 Å². The Hall–Kier alpha value is -4.08. The van der Waals surface area contributed by atoms with Gasteiger partial charge < -0.3 is 5.32 Å². The first kappa shape index (κ1) is 16.4. The maximum absolute atomic E-state index is 12.4. The Bertz CT molecular complexity index is 1240. The van der Waals surface area contributed by atoms with Gasteiger partial charge in [-0.2, -0.15) is 5.10 Å². The van der Waals surface area contributed by atoms with Crippen LogP contribution in [0.1, 0.15) is 15.9 Å². The van der Waals surface area contributed by atoms with Crippen LogP contribution in [0.2, 0.25) is 0 Å². The smallest absolute Gasteiger partial charge is 0.327 e. The Morgan fingerprint density at radius 3 is 2.85 bits per heavy atom. The number of aromatic nitrogens is 6. The molecule has 0 aliphatic rings. The van der Waals surface area contributed by atoms with Gasteiger partial charge in [0.05, 0.1) is 10.9 Å². The Balaban J connectivity index is 1.53. The second-order valence-electron chi connectivity index (χ2n) is 5.68. The number of hydrogen-bond acceptors (Lipinski definition) is 6. The molecule has 1 amide bonds. The third kappa shape index (κ3) is 3.35. The summed E-state index contributed by atoms with van der Waals surface area (Å²) in [6.07, 6.45) is 6.35. The lowest BCUT2D eigenvalue weighted by molar-refractivity contribution is 0.0950. The van der Waals surface area contributed by atoms with Crippen molar-refractivity contribution in [1.29, 1.82) is 0 Å². The molecular formula is C17H13N7O3. The highest BCUT2D eigenvalue weighted by Crippen LogP contribution is 2.08. The third-order valence-corrected chi connectivity index (χ3v) is 3.86. The zero-order chi connectivity index (χ0) is 18.8. The molecule has 0 fully saturated rings. The number of rotatable bonds is 4. The molecule has 0 aromatic carbocycles. The Morgan fingerprint density at radius 2 is 2.04 bits per heavy atom. The van der Waals surface area contributed by atoms with Gasteiger partial charge in [0, 0.05) is 31.3 Å². The second-order valence-corrected chi connectivity index (χ2v) is 5.68. The highest BCUT2D eigenvalue weighted by Gasteiger charge is 2.10. The number of hydrogen-bond donors (Lipinski definition) is 3. The lowest BCUT2D eigenvalue weighted by atomic mass is 10.2. The molecule has 0 aliphatic carbocycles. The first-order valence-electron chi connectivity index (χ1n) is 7.96. The summed E-state index contributed by atoms with van der Waals surface area (Å²) in [5, 5.41) is 7.01. The van der Waals surface area contributed by atoms with Gasteiger partial charge in [-0.1, -0.05) is 0 Å². The van der Waals surface area contributed by atoms with Crippen molar-refractivity contribution in [2.24, 2.45) is 0 Å². The van der Waals surface area contributed by atoms with Crippen LogP contribution in [0.15, 0.2) is 58.6 Å². The molecule has 0 aliphatic heterocycles. The van der Waals surface area contributed by atoms with Gasteiger partial charge in [-0.15, -0.1) is 0 Å². The summed E-state index contributed by atoms with van der Waals surface area (Å²) in [5.41, 5.74) is -0.0868. The minimum absolute atomic E-state index is 0.123. The first-order chi connectivity index (χ1) is 13.1. The minimum Gasteiger partial charge on any atom is -0.348 e. The lowest BCUT2D eigenvalue weighted by Crippen LogP contribution is -2.25. The van der Waals surface area contributed by atoms with E-state index in [-0.39, 0.29) is 23.1 Å². The van der Waals surface area contributed by atoms with Crippen LogP contribution in [0.4, 0.5) is 0 Å². The number of pyridine rings is 2. The van der Waals surface area contributed by atoms with Gasteiger partial charge in [-0.3, -0.25) is 19.6 Å². The van der Waals surface area contributed by atoms with E-state index in [1.807, 2.05) is 0 Å². The van der Waals surface area contributed by atoms with E-state index in [1.165, 1.54) is 12.3 Å². The predicted molar refractivity (Wildman–Crippen MR) is 95.5 cm³/mol. The Labute approximate surface area is 150 Å². The van der Waals surface area contributed by atoms with Crippen LogP contribution >= 0.6 is 0 Å². The molecule has 0 atom stereocenters. The largest absolute Gasteiger partial charge is 0.348 e. The van der Waals surface area contributed by atoms with Crippen molar-refractivity contribution in [3.8, 4) is 5.82 Å². The molecule has 0 spiro atoms. The summed E-state index contributed by atoms with van der Waals surface area (Å²) < 4.78 is 1.62. The van der Waals surface area contributed by atoms with Crippen molar-refractivity contribution < 1.29 is 4.79 Å². The van der Waals surface area contributed by atoms with Gasteiger partial charge in [0.2, 0.25) is 0 Å². The van der Waals surface area contributed by atoms with E-state index in [1.54, 1.807) is 41.5 Å². The fourth-order valence-corrected chi connectivity index (χ4v) is 2.56. The molecule has 0 saturated carbocycles. The Kier molecular flexibility index (Phi) is 4.05. The maximum atomic E-state index is 12.4. The molecular weight excluding hydrogens is 350 g/mol. The molecule has 0 saturated heterocycles. The summed E-state index contributed by atoms with van der Waals surface area (Å²) >= 11 is 0. The number of aromatic amines is 2. The van der Waals surface area contributed by atoms with Crippen LogP contribution in [0.5, 0.6) is 0 Å². The fourth-order valence-electron chi connectivity index (χ4n) is 2.56. The van der Waals surface area contributed by atoms with Gasteiger partial charge in [0.15, 0.2) is 5.82 Å². The summed E-state index contributed by atoms with van der Waals surface area (Å²) in [6.45, 7) is 0.260. The summed E-state index contributed by atoms with van der Waals surface area (Å²) in [5.74, 6) is 0.238. The van der Waals surface area contributed by atoms with E-state index >= 15 is 0 Å². The van der Waals surface area contributed by atoms with E-state index < -0.39 is 17.2 Å². The molecule has 134 valence electrons. The molecule has 10 nitrogen and oxygen atoms in total. The number of nitrogens with zero attached hydrogens (tertiary/aromatic N) is 4. The first-order valence-corrected chi connectivity index (χ1v) is 7.96. The molecule has 3 N–H and O–H groups in total. The Morgan fingerprint density at radius 1 is 1.15 bits per heavy atom. The zero-order valence-corrected chi connectivity index (χ0v) is 13.8. The van der Waals surface area contributed by atoms with Crippen LogP contribution in [0, 0.1) is 0 Å². The fraction of sp³-hybridized carbons (Fsp3) is 0.0588. The summed E-state index contributed by atoms with van der Waals surface area (Å²) in [4.78, 5) is 48.2. The molecule has 0 bridgehead atoms. The van der Waals surface area contributed by atoms with E-state index in [0.717, 1.165) is 5.56 Å². The van der Waals surface area contributed by atoms with Crippen LogP contribution in [-0.2, 0) is 6.54 Å². The molecule has 10 heteroatoms. The molecule has 0 unspecified atom stereocenters. The van der Waals surface area contributed by atoms with Gasteiger partial charge in [0.25, 0.3) is 11.5 Å². The van der Waals surface area contributed by atoms with Crippen molar-refractivity contribution in [1.82, 2.24) is 35.0 Å². The number of fused-ring (bicyclic) bond motifs is 1. The van der Waals surface area contributed by atoms with Crippen LogP contribution in [-0.4, -0.2) is 35.6 Å². The van der Waals surface area contributed by atoms with Crippen molar-refractivity contribution in [2.75, 3.05) is 0 Å². The van der Waals surface area contributed by atoms with E-state index in [4.69, 9.17) is 0 Å². The lowest BCUT2D eigenvalue weighted by Gasteiger charge is -2.07. The number of carbonyl (C=O) groups excluding carboxylic acids is 1. The normalized spacial score (nSPS) is 10.8. The van der Waals surface area contributed by atoms with Crippen molar-refractivity contribution in [3.05, 3.63) is 81.0 Å². The molecule has 4 aromatic heterocycles. The standard InChI is InChI=1S/C17H13N7O3/c25-15(11-7-12-14(19-9-11)22-17(27)23-16(12)26)20-8-10-2-4-18-13(6-10)24-5-1-3-21-24/h1-7,9H,8H2,(H,20,25)(H2,19,22,23,26,27). The minimum atomic E-state index is -0.650. The van der Waals surface area contributed by atoms with Gasteiger partial charge >= 0.3 is 5.69 Å². The predicted octanol–water partition coefficient (Wildman–Crippen LogP) is 0.122. The van der Waals surface area contributed by atoms with Gasteiger partial charge in [-0.05, 0) is 29.8 Å². The van der Waals surface area contributed by atoms with Gasteiger partial charge in [-0.25, -0.2) is 19.4 Å². The van der Waals surface area contributed by atoms with Crippen molar-refractivity contribution in [3.63, 3.8) is 0 Å². The maximum Gasteiger partial charge on any atom is 0.327 e. The molecule has 4 rings (SSSR count). The van der Waals surface area contributed by atoms with E-state index in [9.17, 15) is 14.4 Å². The average molecular weight is 363 g/mol. The average Bonchev–Trinajstić information content (AvgIpc) is 3.21. The molecule has 4 aromatic rings.